The number of hydrogen-bond acceptors (Lipinski definition) is 4. The van der Waals surface area contributed by atoms with E-state index in [9.17, 15) is 18.0 Å². The Morgan fingerprint density at radius 3 is 2.00 bits per heavy atom. The second-order valence-corrected chi connectivity index (χ2v) is 11.0. The molecule has 8 heteroatoms. The number of carbonyl (C=O) groups is 2. The summed E-state index contributed by atoms with van der Waals surface area (Å²) >= 11 is 0. The Hall–Kier alpha value is -2.97. The minimum absolute atomic E-state index is 0.0837. The molecule has 0 saturated carbocycles. The number of benzene rings is 2. The number of hydrogen-bond donors (Lipinski definition) is 2. The maximum Gasteiger partial charge on any atom is 0.236 e. The van der Waals surface area contributed by atoms with Gasteiger partial charge in [0.25, 0.3) is 0 Å². The summed E-state index contributed by atoms with van der Waals surface area (Å²) in [6.07, 6.45) is 2.51. The summed E-state index contributed by atoms with van der Waals surface area (Å²) in [6.45, 7) is 6.13. The molecule has 33 heavy (non-hydrogen) atoms. The van der Waals surface area contributed by atoms with E-state index in [1.54, 1.807) is 30.3 Å². The molecular formula is C25H31N3O4S. The van der Waals surface area contributed by atoms with Crippen LogP contribution in [0.25, 0.3) is 6.08 Å². The zero-order chi connectivity index (χ0) is 24.1. The van der Waals surface area contributed by atoms with E-state index >= 15 is 0 Å². The monoisotopic (exact) mass is 469 g/mol. The lowest BCUT2D eigenvalue weighted by Crippen LogP contribution is -2.40. The highest BCUT2D eigenvalue weighted by Crippen LogP contribution is 2.24. The van der Waals surface area contributed by atoms with Crippen molar-refractivity contribution in [1.29, 1.82) is 0 Å². The molecule has 1 saturated heterocycles. The zero-order valence-electron chi connectivity index (χ0n) is 19.2. The summed E-state index contributed by atoms with van der Waals surface area (Å²) in [5.41, 5.74) is 1.62. The molecule has 0 unspecified atom stereocenters. The smallest absolute Gasteiger partial charge is 0.236 e. The number of rotatable bonds is 6. The summed E-state index contributed by atoms with van der Waals surface area (Å²) in [6, 6.07) is 16.2. The first kappa shape index (κ1) is 24.7. The Morgan fingerprint density at radius 2 is 1.45 bits per heavy atom. The van der Waals surface area contributed by atoms with Crippen LogP contribution in [0.3, 0.4) is 0 Å². The lowest BCUT2D eigenvalue weighted by Gasteiger charge is -2.29. The zero-order valence-corrected chi connectivity index (χ0v) is 20.1. The second kappa shape index (κ2) is 10.3. The molecule has 176 valence electrons. The van der Waals surface area contributed by atoms with Gasteiger partial charge in [0.05, 0.1) is 0 Å². The molecule has 3 rings (SSSR count). The van der Waals surface area contributed by atoms with E-state index in [0.29, 0.717) is 37.3 Å². The first-order chi connectivity index (χ1) is 15.5. The molecule has 1 fully saturated rings. The van der Waals surface area contributed by atoms with Crippen LogP contribution in [0, 0.1) is 11.3 Å². The number of nitrogens with zero attached hydrogens (tertiary/aromatic N) is 1. The summed E-state index contributed by atoms with van der Waals surface area (Å²) in [5.74, 6) is -0.465. The van der Waals surface area contributed by atoms with Crippen LogP contribution >= 0.6 is 0 Å². The van der Waals surface area contributed by atoms with Gasteiger partial charge in [0.1, 0.15) is 0 Å². The van der Waals surface area contributed by atoms with E-state index in [1.165, 1.54) is 9.71 Å². The molecule has 0 radical (unpaired) electrons. The number of amides is 2. The quantitative estimate of drug-likeness (QED) is 0.659. The Bertz CT molecular complexity index is 1100. The first-order valence-electron chi connectivity index (χ1n) is 11.0. The van der Waals surface area contributed by atoms with Crippen LogP contribution in [0.15, 0.2) is 60.0 Å². The van der Waals surface area contributed by atoms with Crippen molar-refractivity contribution in [2.24, 2.45) is 11.3 Å². The normalized spacial score (nSPS) is 16.0. The number of sulfonamides is 1. The predicted octanol–water partition coefficient (Wildman–Crippen LogP) is 4.32. The van der Waals surface area contributed by atoms with E-state index in [-0.39, 0.29) is 17.7 Å². The number of anilines is 2. The largest absolute Gasteiger partial charge is 0.326 e. The summed E-state index contributed by atoms with van der Waals surface area (Å²) in [5, 5.41) is 6.96. The number of carbonyl (C=O) groups excluding carboxylic acids is 2. The molecule has 1 aliphatic rings. The van der Waals surface area contributed by atoms with Gasteiger partial charge >= 0.3 is 0 Å². The molecule has 0 aromatic heterocycles. The molecule has 0 spiro atoms. The van der Waals surface area contributed by atoms with Crippen LogP contribution in [0.4, 0.5) is 11.4 Å². The third-order valence-electron chi connectivity index (χ3n) is 5.51. The van der Waals surface area contributed by atoms with Crippen molar-refractivity contribution in [1.82, 2.24) is 4.31 Å². The Kier molecular flexibility index (Phi) is 7.71. The van der Waals surface area contributed by atoms with Crippen molar-refractivity contribution < 1.29 is 18.0 Å². The van der Waals surface area contributed by atoms with Crippen LogP contribution in [0.2, 0.25) is 0 Å². The average Bonchev–Trinajstić information content (AvgIpc) is 2.79. The van der Waals surface area contributed by atoms with Crippen molar-refractivity contribution in [3.05, 3.63) is 65.6 Å². The van der Waals surface area contributed by atoms with Gasteiger partial charge in [0, 0.05) is 41.2 Å². The van der Waals surface area contributed by atoms with Crippen LogP contribution in [-0.2, 0) is 19.6 Å². The molecule has 1 aliphatic heterocycles. The van der Waals surface area contributed by atoms with Gasteiger partial charge in [-0.25, -0.2) is 8.42 Å². The standard InChI is InChI=1S/C25H31N3O4S/c1-25(2,3)24(30)27-22-11-9-21(10-12-22)26-23(29)20-13-16-28(17-14-20)33(31,32)18-15-19-7-5-4-6-8-19/h4-12,15,18,20H,13-14,16-17H2,1-3H3,(H,26,29)(H,27,30)/b18-15+. The van der Waals surface area contributed by atoms with E-state index < -0.39 is 15.4 Å². The van der Waals surface area contributed by atoms with Crippen molar-refractivity contribution in [2.75, 3.05) is 23.7 Å². The molecule has 0 aliphatic carbocycles. The molecule has 0 bridgehead atoms. The number of nitrogens with one attached hydrogen (secondary N) is 2. The minimum atomic E-state index is -3.53. The molecule has 2 amide bonds. The van der Waals surface area contributed by atoms with Crippen LogP contribution in [0.1, 0.15) is 39.2 Å². The van der Waals surface area contributed by atoms with E-state index in [0.717, 1.165) is 5.56 Å². The van der Waals surface area contributed by atoms with Gasteiger partial charge in [-0.15, -0.1) is 0 Å². The first-order valence-corrected chi connectivity index (χ1v) is 12.5. The molecule has 0 atom stereocenters. The predicted molar refractivity (Wildman–Crippen MR) is 132 cm³/mol. The molecule has 2 N–H and O–H groups in total. The van der Waals surface area contributed by atoms with Gasteiger partial charge in [0.15, 0.2) is 0 Å². The highest BCUT2D eigenvalue weighted by Gasteiger charge is 2.30. The van der Waals surface area contributed by atoms with Crippen LogP contribution < -0.4 is 10.6 Å². The Morgan fingerprint density at radius 1 is 0.909 bits per heavy atom. The van der Waals surface area contributed by atoms with Crippen molar-refractivity contribution in [2.45, 2.75) is 33.6 Å². The van der Waals surface area contributed by atoms with Gasteiger partial charge < -0.3 is 10.6 Å². The SMILES string of the molecule is CC(C)(C)C(=O)Nc1ccc(NC(=O)C2CCN(S(=O)(=O)/C=C/c3ccccc3)CC2)cc1. The fourth-order valence-corrected chi connectivity index (χ4v) is 4.61. The lowest BCUT2D eigenvalue weighted by atomic mass is 9.95. The van der Waals surface area contributed by atoms with Crippen LogP contribution in [-0.4, -0.2) is 37.6 Å². The topological polar surface area (TPSA) is 95.6 Å². The maximum atomic E-state index is 12.7. The summed E-state index contributed by atoms with van der Waals surface area (Å²) < 4.78 is 26.6. The molecule has 7 nitrogen and oxygen atoms in total. The molecule has 2 aromatic rings. The van der Waals surface area contributed by atoms with Gasteiger partial charge in [-0.3, -0.25) is 9.59 Å². The summed E-state index contributed by atoms with van der Waals surface area (Å²) in [4.78, 5) is 24.7. The second-order valence-electron chi connectivity index (χ2n) is 9.20. The van der Waals surface area contributed by atoms with E-state index in [1.807, 2.05) is 51.1 Å². The fourth-order valence-electron chi connectivity index (χ4n) is 3.39. The number of piperidine rings is 1. The van der Waals surface area contributed by atoms with Crippen molar-refractivity contribution in [3.63, 3.8) is 0 Å². The average molecular weight is 470 g/mol. The van der Waals surface area contributed by atoms with E-state index in [2.05, 4.69) is 10.6 Å². The van der Waals surface area contributed by atoms with Gasteiger partial charge in [-0.2, -0.15) is 4.31 Å². The lowest BCUT2D eigenvalue weighted by molar-refractivity contribution is -0.123. The van der Waals surface area contributed by atoms with Crippen LogP contribution in [0.5, 0.6) is 0 Å². The summed E-state index contributed by atoms with van der Waals surface area (Å²) in [7, 11) is -3.53. The van der Waals surface area contributed by atoms with Gasteiger partial charge in [-0.1, -0.05) is 51.1 Å². The maximum absolute atomic E-state index is 12.7. The van der Waals surface area contributed by atoms with Crippen molar-refractivity contribution >= 4 is 39.3 Å². The highest BCUT2D eigenvalue weighted by molar-refractivity contribution is 7.92. The van der Waals surface area contributed by atoms with Crippen molar-refractivity contribution in [3.8, 4) is 0 Å². The fraction of sp³-hybridized carbons (Fsp3) is 0.360. The Balaban J connectivity index is 1.51. The van der Waals surface area contributed by atoms with Gasteiger partial charge in [-0.05, 0) is 48.7 Å². The Labute approximate surface area is 195 Å². The third kappa shape index (κ3) is 7.00. The molecule has 1 heterocycles. The molecular weight excluding hydrogens is 438 g/mol. The highest BCUT2D eigenvalue weighted by atomic mass is 32.2. The van der Waals surface area contributed by atoms with Gasteiger partial charge in [0.2, 0.25) is 21.8 Å². The minimum Gasteiger partial charge on any atom is -0.326 e. The van der Waals surface area contributed by atoms with E-state index in [4.69, 9.17) is 0 Å². The third-order valence-corrected chi connectivity index (χ3v) is 7.07. The molecule has 2 aromatic carbocycles.